The summed E-state index contributed by atoms with van der Waals surface area (Å²) < 4.78 is 5.11. The van der Waals surface area contributed by atoms with Crippen molar-refractivity contribution in [2.24, 2.45) is 0 Å². The number of carbonyl (C=O) groups excluding carboxylic acids is 1. The average molecular weight is 244 g/mol. The Labute approximate surface area is 103 Å². The number of hydrogen-bond donors (Lipinski definition) is 2. The van der Waals surface area contributed by atoms with Crippen LogP contribution < -0.4 is 10.6 Å². The van der Waals surface area contributed by atoms with Crippen molar-refractivity contribution >= 4 is 17.6 Å². The van der Waals surface area contributed by atoms with Gasteiger partial charge in [0, 0.05) is 19.0 Å². The number of nitrogens with zero attached hydrogens (tertiary/aromatic N) is 2. The first-order valence-electron chi connectivity index (χ1n) is 5.68. The van der Waals surface area contributed by atoms with E-state index in [0.29, 0.717) is 12.3 Å². The third-order valence-corrected chi connectivity index (χ3v) is 2.84. The minimum atomic E-state index is -0.297. The lowest BCUT2D eigenvalue weighted by Crippen LogP contribution is -2.32. The van der Waals surface area contributed by atoms with Gasteiger partial charge in [-0.05, 0) is 11.6 Å². The molecule has 1 amide bonds. The number of hydrogen-bond acceptors (Lipinski definition) is 5. The molecule has 1 aliphatic heterocycles. The zero-order chi connectivity index (χ0) is 12.5. The van der Waals surface area contributed by atoms with Crippen molar-refractivity contribution in [2.45, 2.75) is 19.4 Å². The van der Waals surface area contributed by atoms with Gasteiger partial charge in [0.1, 0.15) is 6.04 Å². The molecule has 6 nitrogen and oxygen atoms in total. The number of fused-ring (bicyclic) bond motifs is 1. The van der Waals surface area contributed by atoms with E-state index in [1.165, 1.54) is 0 Å². The van der Waals surface area contributed by atoms with Crippen molar-refractivity contribution in [3.63, 3.8) is 0 Å². The van der Waals surface area contributed by atoms with E-state index in [-0.39, 0.29) is 18.0 Å². The molecular weight excluding hydrogens is 232 g/mol. The quantitative estimate of drug-likeness (QED) is 0.833. The average Bonchev–Trinajstić information content (AvgIpc) is 2.95. The molecule has 0 saturated carbocycles. The predicted molar refractivity (Wildman–Crippen MR) is 65.2 cm³/mol. The largest absolute Gasteiger partial charge is 0.408 e. The van der Waals surface area contributed by atoms with Crippen LogP contribution in [0.15, 0.2) is 28.7 Å². The zero-order valence-corrected chi connectivity index (χ0v) is 9.80. The highest BCUT2D eigenvalue weighted by Crippen LogP contribution is 2.25. The fourth-order valence-electron chi connectivity index (χ4n) is 2.00. The molecule has 1 aliphatic rings. The topological polar surface area (TPSA) is 80.0 Å². The summed E-state index contributed by atoms with van der Waals surface area (Å²) in [4.78, 5) is 12.0. The molecule has 1 unspecified atom stereocenters. The van der Waals surface area contributed by atoms with Gasteiger partial charge in [0.25, 0.3) is 5.91 Å². The first-order chi connectivity index (χ1) is 8.72. The van der Waals surface area contributed by atoms with Crippen LogP contribution in [-0.4, -0.2) is 22.1 Å². The van der Waals surface area contributed by atoms with Gasteiger partial charge in [-0.3, -0.25) is 10.1 Å². The number of anilines is 2. The van der Waals surface area contributed by atoms with Gasteiger partial charge < -0.3 is 9.73 Å². The molecule has 1 aromatic carbocycles. The van der Waals surface area contributed by atoms with Gasteiger partial charge in [0.2, 0.25) is 5.89 Å². The molecule has 1 aromatic heterocycles. The molecule has 1 atom stereocenters. The number of amides is 1. The summed E-state index contributed by atoms with van der Waals surface area (Å²) in [5.74, 6) is 0.253. The third kappa shape index (κ3) is 1.92. The molecular formula is C12H12N4O2. The molecule has 92 valence electrons. The molecule has 0 bridgehead atoms. The van der Waals surface area contributed by atoms with E-state index in [0.717, 1.165) is 11.3 Å². The van der Waals surface area contributed by atoms with Crippen LogP contribution in [0.3, 0.4) is 0 Å². The fraction of sp³-hybridized carbons (Fsp3) is 0.250. The van der Waals surface area contributed by atoms with Crippen molar-refractivity contribution in [3.8, 4) is 0 Å². The van der Waals surface area contributed by atoms with Crippen LogP contribution in [0.1, 0.15) is 11.5 Å². The number of aryl methyl sites for hydroxylation is 1. The van der Waals surface area contributed by atoms with Crippen LogP contribution in [0.2, 0.25) is 0 Å². The molecule has 0 spiro atoms. The van der Waals surface area contributed by atoms with Crippen molar-refractivity contribution in [3.05, 3.63) is 35.7 Å². The molecule has 18 heavy (non-hydrogen) atoms. The molecule has 2 heterocycles. The predicted octanol–water partition coefficient (Wildman–Crippen LogP) is 1.35. The first-order valence-corrected chi connectivity index (χ1v) is 5.68. The van der Waals surface area contributed by atoms with Gasteiger partial charge in [-0.2, -0.15) is 0 Å². The first kappa shape index (κ1) is 10.8. The van der Waals surface area contributed by atoms with Crippen LogP contribution >= 0.6 is 0 Å². The maximum absolute atomic E-state index is 12.0. The standard InChI is InChI=1S/C12H12N4O2/c1-7-15-16-12(18-7)14-11(17)10-6-8-4-2-3-5-9(8)13-10/h2-5,10,13H,6H2,1H3,(H,14,16,17). The number of rotatable bonds is 2. The van der Waals surface area contributed by atoms with Crippen LogP contribution in [0.4, 0.5) is 11.7 Å². The smallest absolute Gasteiger partial charge is 0.322 e. The summed E-state index contributed by atoms with van der Waals surface area (Å²) in [6.07, 6.45) is 0.662. The SMILES string of the molecule is Cc1nnc(NC(=O)C2Cc3ccccc3N2)o1. The summed E-state index contributed by atoms with van der Waals surface area (Å²) in [5.41, 5.74) is 2.14. The van der Waals surface area contributed by atoms with Gasteiger partial charge in [-0.1, -0.05) is 23.3 Å². The Hall–Kier alpha value is -2.37. The lowest BCUT2D eigenvalue weighted by molar-refractivity contribution is -0.116. The van der Waals surface area contributed by atoms with Crippen LogP contribution in [-0.2, 0) is 11.2 Å². The monoisotopic (exact) mass is 244 g/mol. The summed E-state index contributed by atoms with van der Waals surface area (Å²) in [6.45, 7) is 1.67. The number of nitrogens with one attached hydrogen (secondary N) is 2. The van der Waals surface area contributed by atoms with E-state index < -0.39 is 0 Å². The van der Waals surface area contributed by atoms with Crippen LogP contribution in [0.25, 0.3) is 0 Å². The van der Waals surface area contributed by atoms with E-state index >= 15 is 0 Å². The van der Waals surface area contributed by atoms with Crippen molar-refractivity contribution < 1.29 is 9.21 Å². The van der Waals surface area contributed by atoms with E-state index in [1.807, 2.05) is 24.3 Å². The Balaban J connectivity index is 1.69. The Morgan fingerprint density at radius 2 is 2.28 bits per heavy atom. The summed E-state index contributed by atoms with van der Waals surface area (Å²) >= 11 is 0. The molecule has 0 fully saturated rings. The van der Waals surface area contributed by atoms with Crippen LogP contribution in [0, 0.1) is 6.92 Å². The normalized spacial score (nSPS) is 17.1. The number of benzene rings is 1. The third-order valence-electron chi connectivity index (χ3n) is 2.84. The van der Waals surface area contributed by atoms with Crippen molar-refractivity contribution in [1.82, 2.24) is 10.2 Å². The summed E-state index contributed by atoms with van der Waals surface area (Å²) in [5, 5.41) is 13.1. The van der Waals surface area contributed by atoms with Gasteiger partial charge >= 0.3 is 6.01 Å². The van der Waals surface area contributed by atoms with Gasteiger partial charge in [-0.25, -0.2) is 0 Å². The molecule has 0 aliphatic carbocycles. The lowest BCUT2D eigenvalue weighted by atomic mass is 10.1. The van der Waals surface area contributed by atoms with E-state index in [2.05, 4.69) is 20.8 Å². The second kappa shape index (κ2) is 4.14. The maximum Gasteiger partial charge on any atom is 0.322 e. The summed E-state index contributed by atoms with van der Waals surface area (Å²) in [7, 11) is 0. The number of para-hydroxylation sites is 1. The molecule has 3 rings (SSSR count). The highest BCUT2D eigenvalue weighted by molar-refractivity contribution is 5.96. The number of carbonyl (C=O) groups is 1. The Kier molecular flexibility index (Phi) is 2.47. The van der Waals surface area contributed by atoms with E-state index in [9.17, 15) is 4.79 Å². The highest BCUT2D eigenvalue weighted by Gasteiger charge is 2.27. The molecule has 2 aromatic rings. The second-order valence-corrected chi connectivity index (χ2v) is 4.17. The maximum atomic E-state index is 12.0. The minimum absolute atomic E-state index is 0.134. The minimum Gasteiger partial charge on any atom is -0.408 e. The van der Waals surface area contributed by atoms with Crippen molar-refractivity contribution in [2.75, 3.05) is 10.6 Å². The Morgan fingerprint density at radius 1 is 1.44 bits per heavy atom. The van der Waals surface area contributed by atoms with Crippen LogP contribution in [0.5, 0.6) is 0 Å². The molecule has 2 N–H and O–H groups in total. The molecule has 0 saturated heterocycles. The van der Waals surface area contributed by atoms with Gasteiger partial charge in [-0.15, -0.1) is 5.10 Å². The second-order valence-electron chi connectivity index (χ2n) is 4.17. The van der Waals surface area contributed by atoms with E-state index in [4.69, 9.17) is 4.42 Å². The Bertz CT molecular complexity index is 568. The fourth-order valence-corrected chi connectivity index (χ4v) is 2.00. The highest BCUT2D eigenvalue weighted by atomic mass is 16.4. The zero-order valence-electron chi connectivity index (χ0n) is 9.80. The lowest BCUT2D eigenvalue weighted by Gasteiger charge is -2.08. The Morgan fingerprint density at radius 3 is 3.00 bits per heavy atom. The molecule has 6 heteroatoms. The van der Waals surface area contributed by atoms with Gasteiger partial charge in [0.05, 0.1) is 0 Å². The van der Waals surface area contributed by atoms with E-state index in [1.54, 1.807) is 6.92 Å². The summed E-state index contributed by atoms with van der Waals surface area (Å²) in [6, 6.07) is 7.70. The number of aromatic nitrogens is 2. The van der Waals surface area contributed by atoms with Crippen molar-refractivity contribution in [1.29, 1.82) is 0 Å². The van der Waals surface area contributed by atoms with Gasteiger partial charge in [0.15, 0.2) is 0 Å². The molecule has 0 radical (unpaired) electrons.